The Kier molecular flexibility index (Phi) is 6.58. The van der Waals surface area contributed by atoms with E-state index < -0.39 is 4.92 Å². The topological polar surface area (TPSA) is 95.8 Å². The Balaban J connectivity index is 1.47. The average Bonchev–Trinajstić information content (AvgIpc) is 2.77. The molecular weight excluding hydrogens is 396 g/mol. The van der Waals surface area contributed by atoms with E-state index in [0.29, 0.717) is 31.7 Å². The summed E-state index contributed by atoms with van der Waals surface area (Å²) in [5, 5.41) is 13.5. The first-order chi connectivity index (χ1) is 14.6. The van der Waals surface area contributed by atoms with Crippen molar-refractivity contribution >= 4 is 23.2 Å². The molecule has 2 amide bonds. The molecule has 2 aromatic rings. The molecule has 1 heterocycles. The van der Waals surface area contributed by atoms with Gasteiger partial charge in [0, 0.05) is 49.6 Å². The Morgan fingerprint density at radius 3 is 2.06 bits per heavy atom. The first-order valence-electron chi connectivity index (χ1n) is 10.3. The second-order valence-corrected chi connectivity index (χ2v) is 8.65. The van der Waals surface area contributed by atoms with Gasteiger partial charge in [0.25, 0.3) is 11.6 Å². The van der Waals surface area contributed by atoms with Crippen LogP contribution in [-0.2, 0) is 10.2 Å². The Morgan fingerprint density at radius 2 is 1.55 bits per heavy atom. The molecule has 0 atom stereocenters. The SMILES string of the molecule is CC(C)(C)c1ccc(C(=O)NCC(=O)N2CCN(c3ccc([N+](=O)[O-])cc3)CC2)cc1. The molecule has 0 radical (unpaired) electrons. The molecule has 0 spiro atoms. The van der Waals surface area contributed by atoms with Gasteiger partial charge in [-0.15, -0.1) is 0 Å². The van der Waals surface area contributed by atoms with Crippen LogP contribution in [-0.4, -0.2) is 54.4 Å². The van der Waals surface area contributed by atoms with Gasteiger partial charge in [-0.3, -0.25) is 19.7 Å². The number of hydrogen-bond acceptors (Lipinski definition) is 5. The van der Waals surface area contributed by atoms with Crippen molar-refractivity contribution < 1.29 is 14.5 Å². The second-order valence-electron chi connectivity index (χ2n) is 8.65. The van der Waals surface area contributed by atoms with E-state index in [2.05, 4.69) is 31.0 Å². The third-order valence-corrected chi connectivity index (χ3v) is 5.47. The third-order valence-electron chi connectivity index (χ3n) is 5.47. The van der Waals surface area contributed by atoms with Crippen molar-refractivity contribution in [1.29, 1.82) is 0 Å². The van der Waals surface area contributed by atoms with Crippen LogP contribution >= 0.6 is 0 Å². The van der Waals surface area contributed by atoms with Gasteiger partial charge < -0.3 is 15.1 Å². The molecule has 0 aromatic heterocycles. The molecule has 1 saturated heterocycles. The number of nitro groups is 1. The van der Waals surface area contributed by atoms with E-state index in [0.717, 1.165) is 11.3 Å². The van der Waals surface area contributed by atoms with Crippen LogP contribution in [0.15, 0.2) is 48.5 Å². The number of carbonyl (C=O) groups is 2. The van der Waals surface area contributed by atoms with Crippen LogP contribution in [0.3, 0.4) is 0 Å². The summed E-state index contributed by atoms with van der Waals surface area (Å²) in [6.45, 7) is 8.62. The normalized spacial score (nSPS) is 14.3. The lowest BCUT2D eigenvalue weighted by Crippen LogP contribution is -2.51. The number of rotatable bonds is 5. The number of nitrogens with one attached hydrogen (secondary N) is 1. The van der Waals surface area contributed by atoms with E-state index in [1.165, 1.54) is 12.1 Å². The minimum atomic E-state index is -0.423. The van der Waals surface area contributed by atoms with Crippen LogP contribution in [0.5, 0.6) is 0 Å². The number of carbonyl (C=O) groups excluding carboxylic acids is 2. The van der Waals surface area contributed by atoms with Crippen LogP contribution < -0.4 is 10.2 Å². The number of non-ortho nitro benzene ring substituents is 1. The second kappa shape index (κ2) is 9.16. The predicted molar refractivity (Wildman–Crippen MR) is 119 cm³/mol. The van der Waals surface area contributed by atoms with Crippen molar-refractivity contribution in [2.75, 3.05) is 37.6 Å². The number of hydrogen-bond donors (Lipinski definition) is 1. The zero-order chi connectivity index (χ0) is 22.6. The molecular formula is C23H28N4O4. The third kappa shape index (κ3) is 5.59. The lowest BCUT2D eigenvalue weighted by Gasteiger charge is -2.36. The molecule has 0 unspecified atom stereocenters. The number of amides is 2. The van der Waals surface area contributed by atoms with E-state index >= 15 is 0 Å². The molecule has 164 valence electrons. The zero-order valence-corrected chi connectivity index (χ0v) is 18.1. The van der Waals surface area contributed by atoms with Crippen LogP contribution in [0.25, 0.3) is 0 Å². The molecule has 31 heavy (non-hydrogen) atoms. The van der Waals surface area contributed by atoms with Gasteiger partial charge in [-0.05, 0) is 35.2 Å². The van der Waals surface area contributed by atoms with Crippen molar-refractivity contribution in [3.63, 3.8) is 0 Å². The monoisotopic (exact) mass is 424 g/mol. The first-order valence-corrected chi connectivity index (χ1v) is 10.3. The zero-order valence-electron chi connectivity index (χ0n) is 18.1. The maximum atomic E-state index is 12.5. The Bertz CT molecular complexity index is 941. The number of nitro benzene ring substituents is 1. The summed E-state index contributed by atoms with van der Waals surface area (Å²) < 4.78 is 0. The highest BCUT2D eigenvalue weighted by atomic mass is 16.6. The number of anilines is 1. The summed E-state index contributed by atoms with van der Waals surface area (Å²) in [5.41, 5.74) is 2.64. The first kappa shape index (κ1) is 22.3. The number of benzene rings is 2. The van der Waals surface area contributed by atoms with Crippen molar-refractivity contribution in [3.05, 3.63) is 69.8 Å². The van der Waals surface area contributed by atoms with Gasteiger partial charge in [-0.1, -0.05) is 32.9 Å². The van der Waals surface area contributed by atoms with E-state index in [9.17, 15) is 19.7 Å². The fourth-order valence-electron chi connectivity index (χ4n) is 3.49. The minimum Gasteiger partial charge on any atom is -0.368 e. The van der Waals surface area contributed by atoms with Crippen LogP contribution in [0.4, 0.5) is 11.4 Å². The summed E-state index contributed by atoms with van der Waals surface area (Å²) in [6.07, 6.45) is 0. The Hall–Kier alpha value is -3.42. The van der Waals surface area contributed by atoms with Gasteiger partial charge in [-0.2, -0.15) is 0 Å². The molecule has 8 nitrogen and oxygen atoms in total. The van der Waals surface area contributed by atoms with Crippen LogP contribution in [0.2, 0.25) is 0 Å². The maximum Gasteiger partial charge on any atom is 0.269 e. The summed E-state index contributed by atoms with van der Waals surface area (Å²) in [7, 11) is 0. The maximum absolute atomic E-state index is 12.5. The quantitative estimate of drug-likeness (QED) is 0.588. The molecule has 3 rings (SSSR count). The molecule has 1 aliphatic heterocycles. The number of nitrogens with zero attached hydrogens (tertiary/aromatic N) is 3. The summed E-state index contributed by atoms with van der Waals surface area (Å²) in [6, 6.07) is 13.9. The van der Waals surface area contributed by atoms with E-state index in [4.69, 9.17) is 0 Å². The summed E-state index contributed by atoms with van der Waals surface area (Å²) in [4.78, 5) is 39.0. The van der Waals surface area contributed by atoms with Gasteiger partial charge in [-0.25, -0.2) is 0 Å². The lowest BCUT2D eigenvalue weighted by molar-refractivity contribution is -0.384. The largest absolute Gasteiger partial charge is 0.368 e. The fraction of sp³-hybridized carbons (Fsp3) is 0.391. The van der Waals surface area contributed by atoms with Crippen molar-refractivity contribution in [2.24, 2.45) is 0 Å². The smallest absolute Gasteiger partial charge is 0.269 e. The Labute approximate surface area is 182 Å². The average molecular weight is 425 g/mol. The fourth-order valence-corrected chi connectivity index (χ4v) is 3.49. The van der Waals surface area contributed by atoms with E-state index in [-0.39, 0.29) is 29.5 Å². The lowest BCUT2D eigenvalue weighted by atomic mass is 9.87. The van der Waals surface area contributed by atoms with Gasteiger partial charge in [0.15, 0.2) is 0 Å². The molecule has 2 aromatic carbocycles. The highest BCUT2D eigenvalue weighted by molar-refractivity contribution is 5.96. The Morgan fingerprint density at radius 1 is 0.968 bits per heavy atom. The van der Waals surface area contributed by atoms with Gasteiger partial charge in [0.05, 0.1) is 11.5 Å². The van der Waals surface area contributed by atoms with Crippen molar-refractivity contribution in [1.82, 2.24) is 10.2 Å². The molecule has 0 bridgehead atoms. The standard InChI is InChI=1S/C23H28N4O4/c1-23(2,3)18-6-4-17(5-7-18)22(29)24-16-21(28)26-14-12-25(13-15-26)19-8-10-20(11-9-19)27(30)31/h4-11H,12-16H2,1-3H3,(H,24,29). The minimum absolute atomic E-state index is 0.0155. The van der Waals surface area contributed by atoms with E-state index in [1.807, 2.05) is 12.1 Å². The highest BCUT2D eigenvalue weighted by Gasteiger charge is 2.22. The molecule has 0 aliphatic carbocycles. The molecule has 1 fully saturated rings. The molecule has 0 saturated carbocycles. The summed E-state index contributed by atoms with van der Waals surface area (Å²) >= 11 is 0. The van der Waals surface area contributed by atoms with Gasteiger partial charge in [0.1, 0.15) is 0 Å². The molecule has 8 heteroatoms. The van der Waals surface area contributed by atoms with Crippen molar-refractivity contribution in [3.8, 4) is 0 Å². The predicted octanol–water partition coefficient (Wildman–Crippen LogP) is 2.97. The summed E-state index contributed by atoms with van der Waals surface area (Å²) in [5.74, 6) is -0.388. The van der Waals surface area contributed by atoms with Crippen molar-refractivity contribution in [2.45, 2.75) is 26.2 Å². The van der Waals surface area contributed by atoms with Crippen LogP contribution in [0.1, 0.15) is 36.7 Å². The van der Waals surface area contributed by atoms with Gasteiger partial charge >= 0.3 is 0 Å². The number of piperazine rings is 1. The van der Waals surface area contributed by atoms with Crippen LogP contribution in [0, 0.1) is 10.1 Å². The van der Waals surface area contributed by atoms with Gasteiger partial charge in [0.2, 0.25) is 5.91 Å². The molecule has 1 N–H and O–H groups in total. The molecule has 1 aliphatic rings. The van der Waals surface area contributed by atoms with E-state index in [1.54, 1.807) is 29.2 Å². The highest BCUT2D eigenvalue weighted by Crippen LogP contribution is 2.22.